The summed E-state index contributed by atoms with van der Waals surface area (Å²) in [5, 5.41) is 5.21. The summed E-state index contributed by atoms with van der Waals surface area (Å²) in [6, 6.07) is 5.77. The predicted octanol–water partition coefficient (Wildman–Crippen LogP) is 2.29. The zero-order valence-corrected chi connectivity index (χ0v) is 18.3. The molecule has 2 aliphatic rings. The molecule has 9 heteroatoms. The summed E-state index contributed by atoms with van der Waals surface area (Å²) < 4.78 is 1.47. The number of aromatic amines is 1. The Hall–Kier alpha value is -2.94. The second kappa shape index (κ2) is 7.96. The van der Waals surface area contributed by atoms with Crippen molar-refractivity contribution in [3.8, 4) is 0 Å². The fourth-order valence-corrected chi connectivity index (χ4v) is 5.35. The summed E-state index contributed by atoms with van der Waals surface area (Å²) in [7, 11) is 0. The molecule has 1 N–H and O–H groups in total. The number of hydrogen-bond donors (Lipinski definition) is 1. The van der Waals surface area contributed by atoms with Gasteiger partial charge in [-0.2, -0.15) is 0 Å². The third-order valence-electron chi connectivity index (χ3n) is 6.31. The second-order valence-electron chi connectivity index (χ2n) is 8.29. The number of likely N-dealkylation sites (tertiary alicyclic amines) is 1. The third-order valence-corrected chi connectivity index (χ3v) is 7.19. The first kappa shape index (κ1) is 20.0. The van der Waals surface area contributed by atoms with E-state index in [1.807, 2.05) is 28.5 Å². The van der Waals surface area contributed by atoms with E-state index in [9.17, 15) is 14.4 Å². The molecule has 8 nitrogen and oxygen atoms in total. The van der Waals surface area contributed by atoms with Gasteiger partial charge in [0.15, 0.2) is 5.65 Å². The fraction of sp³-hybridized carbons (Fsp3) is 0.455. The van der Waals surface area contributed by atoms with Crippen LogP contribution in [-0.2, 0) is 29.0 Å². The Morgan fingerprint density at radius 3 is 2.94 bits per heavy atom. The Morgan fingerprint density at radius 2 is 2.16 bits per heavy atom. The Bertz CT molecular complexity index is 1200. The highest BCUT2D eigenvalue weighted by atomic mass is 32.1. The van der Waals surface area contributed by atoms with E-state index in [-0.39, 0.29) is 23.4 Å². The van der Waals surface area contributed by atoms with Gasteiger partial charge in [-0.05, 0) is 30.7 Å². The Kier molecular flexibility index (Phi) is 5.13. The molecule has 0 bridgehead atoms. The van der Waals surface area contributed by atoms with Crippen molar-refractivity contribution >= 4 is 28.8 Å². The maximum atomic E-state index is 13.1. The molecule has 1 saturated heterocycles. The smallest absolute Gasteiger partial charge is 0.277 e. The van der Waals surface area contributed by atoms with Crippen molar-refractivity contribution in [1.29, 1.82) is 0 Å². The van der Waals surface area contributed by atoms with Gasteiger partial charge in [0.2, 0.25) is 11.8 Å². The molecule has 1 unspecified atom stereocenters. The SMILES string of the molecule is CC(=O)N1CCc2nc3cc(C4CCCCN4C(=O)Cc4cccs4)[nH]n3c(=O)c2C1. The molecular formula is C22H25N5O3S. The molecule has 5 heterocycles. The molecule has 0 aliphatic carbocycles. The molecule has 2 amide bonds. The van der Waals surface area contributed by atoms with Crippen molar-refractivity contribution in [1.82, 2.24) is 24.4 Å². The van der Waals surface area contributed by atoms with Gasteiger partial charge in [0.05, 0.1) is 36.0 Å². The average Bonchev–Trinajstić information content (AvgIpc) is 3.43. The van der Waals surface area contributed by atoms with Crippen LogP contribution in [0.5, 0.6) is 0 Å². The first-order valence-corrected chi connectivity index (χ1v) is 11.6. The number of nitrogens with one attached hydrogen (secondary N) is 1. The van der Waals surface area contributed by atoms with E-state index in [1.54, 1.807) is 16.2 Å². The van der Waals surface area contributed by atoms with E-state index in [0.717, 1.165) is 42.1 Å². The monoisotopic (exact) mass is 439 g/mol. The lowest BCUT2D eigenvalue weighted by Gasteiger charge is -2.35. The zero-order valence-electron chi connectivity index (χ0n) is 17.5. The van der Waals surface area contributed by atoms with Crippen LogP contribution in [0.25, 0.3) is 5.65 Å². The molecule has 0 spiro atoms. The first-order valence-electron chi connectivity index (χ1n) is 10.7. The van der Waals surface area contributed by atoms with Crippen LogP contribution in [0.4, 0.5) is 0 Å². The molecule has 0 radical (unpaired) electrons. The largest absolute Gasteiger partial charge is 0.338 e. The Labute approximate surface area is 183 Å². The van der Waals surface area contributed by atoms with E-state index >= 15 is 0 Å². The van der Waals surface area contributed by atoms with Crippen molar-refractivity contribution in [2.75, 3.05) is 13.1 Å². The molecule has 0 saturated carbocycles. The Balaban J connectivity index is 1.47. The van der Waals surface area contributed by atoms with Gasteiger partial charge >= 0.3 is 0 Å². The van der Waals surface area contributed by atoms with Crippen molar-refractivity contribution in [3.05, 3.63) is 55.8 Å². The van der Waals surface area contributed by atoms with Crippen LogP contribution in [0, 0.1) is 0 Å². The van der Waals surface area contributed by atoms with Crippen LogP contribution in [0.2, 0.25) is 0 Å². The van der Waals surface area contributed by atoms with Gasteiger partial charge in [-0.25, -0.2) is 9.50 Å². The number of rotatable bonds is 3. The summed E-state index contributed by atoms with van der Waals surface area (Å²) in [6.07, 6.45) is 3.86. The number of fused-ring (bicyclic) bond motifs is 2. The summed E-state index contributed by atoms with van der Waals surface area (Å²) in [5.74, 6) is 0.0759. The lowest BCUT2D eigenvalue weighted by molar-refractivity contribution is -0.134. The summed E-state index contributed by atoms with van der Waals surface area (Å²) in [6.45, 7) is 3.11. The number of hydrogen-bond acceptors (Lipinski definition) is 5. The zero-order chi connectivity index (χ0) is 21.5. The molecule has 3 aromatic rings. The number of aromatic nitrogens is 3. The number of amides is 2. The number of carbonyl (C=O) groups is 2. The van der Waals surface area contributed by atoms with Crippen molar-refractivity contribution in [3.63, 3.8) is 0 Å². The van der Waals surface area contributed by atoms with Crippen molar-refractivity contribution in [2.24, 2.45) is 0 Å². The predicted molar refractivity (Wildman–Crippen MR) is 117 cm³/mol. The normalized spacial score (nSPS) is 18.9. The standard InChI is InChI=1S/C22H25N5O3S/c1-14(28)25-9-7-17-16(13-25)22(30)27-20(23-17)12-18(24-27)19-6-2-3-8-26(19)21(29)11-15-5-4-10-31-15/h4-5,10,12,19,24H,2-3,6-9,11,13H2,1H3. The molecule has 1 atom stereocenters. The van der Waals surface area contributed by atoms with Gasteiger partial charge in [-0.15, -0.1) is 11.3 Å². The molecular weight excluding hydrogens is 414 g/mol. The number of piperidine rings is 1. The second-order valence-corrected chi connectivity index (χ2v) is 9.32. The molecule has 2 aliphatic heterocycles. The van der Waals surface area contributed by atoms with Crippen LogP contribution >= 0.6 is 11.3 Å². The number of thiophene rings is 1. The topological polar surface area (TPSA) is 90.8 Å². The quantitative estimate of drug-likeness (QED) is 0.678. The van der Waals surface area contributed by atoms with Gasteiger partial charge in [0, 0.05) is 37.4 Å². The maximum Gasteiger partial charge on any atom is 0.277 e. The highest BCUT2D eigenvalue weighted by Crippen LogP contribution is 2.31. The number of nitrogens with zero attached hydrogens (tertiary/aromatic N) is 4. The minimum Gasteiger partial charge on any atom is -0.338 e. The van der Waals surface area contributed by atoms with Crippen LogP contribution in [-0.4, -0.2) is 49.3 Å². The van der Waals surface area contributed by atoms with E-state index in [4.69, 9.17) is 4.98 Å². The van der Waals surface area contributed by atoms with E-state index in [0.29, 0.717) is 37.1 Å². The lowest BCUT2D eigenvalue weighted by Crippen LogP contribution is -2.40. The third kappa shape index (κ3) is 3.67. The Morgan fingerprint density at radius 1 is 1.29 bits per heavy atom. The van der Waals surface area contributed by atoms with Crippen LogP contribution in [0.3, 0.4) is 0 Å². The summed E-state index contributed by atoms with van der Waals surface area (Å²) in [4.78, 5) is 47.3. The number of H-pyrrole nitrogens is 1. The van der Waals surface area contributed by atoms with Crippen LogP contribution < -0.4 is 5.56 Å². The minimum atomic E-state index is -0.163. The molecule has 31 heavy (non-hydrogen) atoms. The molecule has 3 aromatic heterocycles. The van der Waals surface area contributed by atoms with Gasteiger partial charge in [-0.1, -0.05) is 6.07 Å². The minimum absolute atomic E-state index is 0.0376. The fourth-order valence-electron chi connectivity index (χ4n) is 4.66. The van der Waals surface area contributed by atoms with Crippen LogP contribution in [0.15, 0.2) is 28.4 Å². The number of carbonyl (C=O) groups excluding carboxylic acids is 2. The molecule has 5 rings (SSSR count). The van der Waals surface area contributed by atoms with E-state index in [1.165, 1.54) is 11.4 Å². The summed E-state index contributed by atoms with van der Waals surface area (Å²) >= 11 is 1.60. The average molecular weight is 440 g/mol. The molecule has 162 valence electrons. The van der Waals surface area contributed by atoms with Crippen LogP contribution in [0.1, 0.15) is 54.1 Å². The van der Waals surface area contributed by atoms with Crippen molar-refractivity contribution in [2.45, 2.75) is 51.6 Å². The van der Waals surface area contributed by atoms with Crippen molar-refractivity contribution < 1.29 is 9.59 Å². The summed E-state index contributed by atoms with van der Waals surface area (Å²) in [5.41, 5.74) is 2.59. The van der Waals surface area contributed by atoms with E-state index < -0.39 is 0 Å². The highest BCUT2D eigenvalue weighted by Gasteiger charge is 2.30. The van der Waals surface area contributed by atoms with Gasteiger partial charge in [0.1, 0.15) is 0 Å². The lowest BCUT2D eigenvalue weighted by atomic mass is 9.99. The highest BCUT2D eigenvalue weighted by molar-refractivity contribution is 7.10. The maximum absolute atomic E-state index is 13.1. The molecule has 0 aromatic carbocycles. The van der Waals surface area contributed by atoms with Gasteiger partial charge in [0.25, 0.3) is 5.56 Å². The van der Waals surface area contributed by atoms with Gasteiger partial charge < -0.3 is 9.80 Å². The van der Waals surface area contributed by atoms with E-state index in [2.05, 4.69) is 5.10 Å². The first-order chi connectivity index (χ1) is 15.0. The molecule has 1 fully saturated rings. The van der Waals surface area contributed by atoms with Gasteiger partial charge in [-0.3, -0.25) is 19.5 Å².